The van der Waals surface area contributed by atoms with Crippen LogP contribution in [-0.2, 0) is 15.3 Å². The molecule has 1 N–H and O–H groups in total. The minimum atomic E-state index is -0.938. The second kappa shape index (κ2) is 9.83. The monoisotopic (exact) mass is 438 g/mol. The minimum absolute atomic E-state index is 0.369. The molecule has 1 unspecified atom stereocenters. The summed E-state index contributed by atoms with van der Waals surface area (Å²) in [4.78, 5) is 26.2. The number of anilines is 1. The number of nitrogens with one attached hydrogen (secondary N) is 1. The highest BCUT2D eigenvalue weighted by molar-refractivity contribution is 7.98. The Hall–Kier alpha value is -3.06. The molecule has 0 aliphatic rings. The first-order valence-electron chi connectivity index (χ1n) is 9.99. The Morgan fingerprint density at radius 3 is 2.39 bits per heavy atom. The van der Waals surface area contributed by atoms with Gasteiger partial charge in [0.2, 0.25) is 0 Å². The molecule has 0 saturated heterocycles. The molecule has 162 valence electrons. The number of benzene rings is 2. The molecule has 0 bridgehead atoms. The van der Waals surface area contributed by atoms with E-state index in [1.165, 1.54) is 11.8 Å². The molecule has 1 atom stereocenters. The van der Waals surface area contributed by atoms with Crippen LogP contribution in [0.2, 0.25) is 0 Å². The predicted molar refractivity (Wildman–Crippen MR) is 121 cm³/mol. The predicted octanol–water partition coefficient (Wildman–Crippen LogP) is 5.38. The van der Waals surface area contributed by atoms with E-state index in [2.05, 4.69) is 10.5 Å². The number of carbonyl (C=O) groups excluding carboxylic acids is 2. The first-order chi connectivity index (χ1) is 14.8. The van der Waals surface area contributed by atoms with Crippen LogP contribution >= 0.6 is 11.8 Å². The van der Waals surface area contributed by atoms with Crippen LogP contribution in [0.4, 0.5) is 5.69 Å². The van der Waals surface area contributed by atoms with Crippen molar-refractivity contribution >= 4 is 29.3 Å². The van der Waals surface area contributed by atoms with Gasteiger partial charge in [-0.1, -0.05) is 35.5 Å². The van der Waals surface area contributed by atoms with E-state index in [4.69, 9.17) is 9.26 Å². The lowest BCUT2D eigenvalue weighted by Gasteiger charge is -2.17. The summed E-state index contributed by atoms with van der Waals surface area (Å²) in [6.07, 6.45) is -0.938. The van der Waals surface area contributed by atoms with E-state index in [-0.39, 0.29) is 5.91 Å². The zero-order chi connectivity index (χ0) is 22.5. The standard InChI is InChI=1S/C24H26N2O4S/c1-14-9-8-10-15(2)22(14)25-23(27)18(5)29-24(28)19-11-6-7-12-21(19)31-13-20-16(3)26-30-17(20)4/h6-12,18H,13H2,1-5H3,(H,25,27). The topological polar surface area (TPSA) is 81.4 Å². The van der Waals surface area contributed by atoms with Gasteiger partial charge in [0.1, 0.15) is 5.76 Å². The molecular formula is C24H26N2O4S. The Morgan fingerprint density at radius 2 is 1.74 bits per heavy atom. The minimum Gasteiger partial charge on any atom is -0.449 e. The van der Waals surface area contributed by atoms with Gasteiger partial charge in [-0.25, -0.2) is 4.79 Å². The molecule has 7 heteroatoms. The van der Waals surface area contributed by atoms with E-state index >= 15 is 0 Å². The highest BCUT2D eigenvalue weighted by atomic mass is 32.2. The molecule has 0 aliphatic heterocycles. The molecule has 0 spiro atoms. The number of thioether (sulfide) groups is 1. The fraction of sp³-hybridized carbons (Fsp3) is 0.292. The summed E-state index contributed by atoms with van der Waals surface area (Å²) < 4.78 is 10.7. The molecular weight excluding hydrogens is 412 g/mol. The van der Waals surface area contributed by atoms with Crippen LogP contribution in [0.3, 0.4) is 0 Å². The number of hydrogen-bond acceptors (Lipinski definition) is 6. The van der Waals surface area contributed by atoms with Crippen LogP contribution in [0.5, 0.6) is 0 Å². The van der Waals surface area contributed by atoms with Crippen LogP contribution in [0, 0.1) is 27.7 Å². The normalized spacial score (nSPS) is 11.8. The van der Waals surface area contributed by atoms with Crippen molar-refractivity contribution in [1.82, 2.24) is 5.16 Å². The van der Waals surface area contributed by atoms with E-state index in [9.17, 15) is 9.59 Å². The lowest BCUT2D eigenvalue weighted by molar-refractivity contribution is -0.123. The number of carbonyl (C=O) groups is 2. The van der Waals surface area contributed by atoms with Gasteiger partial charge < -0.3 is 14.6 Å². The number of rotatable bonds is 7. The van der Waals surface area contributed by atoms with E-state index < -0.39 is 12.1 Å². The highest BCUT2D eigenvalue weighted by Crippen LogP contribution is 2.29. The largest absolute Gasteiger partial charge is 0.449 e. The van der Waals surface area contributed by atoms with Crippen molar-refractivity contribution in [3.05, 3.63) is 76.2 Å². The quantitative estimate of drug-likeness (QED) is 0.394. The summed E-state index contributed by atoms with van der Waals surface area (Å²) in [5.41, 5.74) is 4.91. The van der Waals surface area contributed by atoms with Gasteiger partial charge in [-0.2, -0.15) is 0 Å². The highest BCUT2D eigenvalue weighted by Gasteiger charge is 2.22. The molecule has 2 aromatic carbocycles. The van der Waals surface area contributed by atoms with Crippen LogP contribution in [-0.4, -0.2) is 23.1 Å². The molecule has 0 saturated carbocycles. The number of aromatic nitrogens is 1. The molecule has 31 heavy (non-hydrogen) atoms. The van der Waals surface area contributed by atoms with Crippen LogP contribution in [0.15, 0.2) is 51.9 Å². The zero-order valence-electron chi connectivity index (χ0n) is 18.3. The lowest BCUT2D eigenvalue weighted by Crippen LogP contribution is -2.30. The summed E-state index contributed by atoms with van der Waals surface area (Å²) in [7, 11) is 0. The first kappa shape index (κ1) is 22.6. The molecule has 0 radical (unpaired) electrons. The third-order valence-corrected chi connectivity index (χ3v) is 6.14. The second-order valence-corrected chi connectivity index (χ2v) is 8.41. The van der Waals surface area contributed by atoms with Crippen molar-refractivity contribution in [2.45, 2.75) is 51.4 Å². The summed E-state index contributed by atoms with van der Waals surface area (Å²) in [5, 5.41) is 6.83. The molecule has 6 nitrogen and oxygen atoms in total. The summed E-state index contributed by atoms with van der Waals surface area (Å²) in [6, 6.07) is 13.0. The Kier molecular flexibility index (Phi) is 7.17. The van der Waals surface area contributed by atoms with Gasteiger partial charge in [0.25, 0.3) is 5.91 Å². The lowest BCUT2D eigenvalue weighted by atomic mass is 10.1. The van der Waals surface area contributed by atoms with Gasteiger partial charge in [0.15, 0.2) is 6.10 Å². The van der Waals surface area contributed by atoms with E-state index in [0.717, 1.165) is 38.7 Å². The first-order valence-corrected chi connectivity index (χ1v) is 11.0. The molecule has 1 heterocycles. The van der Waals surface area contributed by atoms with Crippen molar-refractivity contribution in [3.63, 3.8) is 0 Å². The van der Waals surface area contributed by atoms with Crippen molar-refractivity contribution in [3.8, 4) is 0 Å². The summed E-state index contributed by atoms with van der Waals surface area (Å²) >= 11 is 1.50. The maximum Gasteiger partial charge on any atom is 0.340 e. The maximum atomic E-state index is 12.8. The van der Waals surface area contributed by atoms with Crippen molar-refractivity contribution in [2.75, 3.05) is 5.32 Å². The average molecular weight is 439 g/mol. The van der Waals surface area contributed by atoms with E-state index in [1.54, 1.807) is 19.1 Å². The number of amides is 1. The van der Waals surface area contributed by atoms with Crippen LogP contribution < -0.4 is 5.32 Å². The van der Waals surface area contributed by atoms with Gasteiger partial charge in [0.05, 0.1) is 11.3 Å². The van der Waals surface area contributed by atoms with E-state index in [0.29, 0.717) is 11.3 Å². The summed E-state index contributed by atoms with van der Waals surface area (Å²) in [5.74, 6) is 0.480. The number of hydrogen-bond donors (Lipinski definition) is 1. The van der Waals surface area contributed by atoms with Gasteiger partial charge in [-0.15, -0.1) is 11.8 Å². The van der Waals surface area contributed by atoms with Crippen molar-refractivity contribution in [2.24, 2.45) is 0 Å². The Labute approximate surface area is 186 Å². The molecule has 0 fully saturated rings. The molecule has 3 rings (SSSR count). The summed E-state index contributed by atoms with van der Waals surface area (Å²) in [6.45, 7) is 9.17. The Morgan fingerprint density at radius 1 is 1.06 bits per heavy atom. The van der Waals surface area contributed by atoms with E-state index in [1.807, 2.05) is 58.0 Å². The number of aryl methyl sites for hydroxylation is 4. The zero-order valence-corrected chi connectivity index (χ0v) is 19.1. The molecule has 3 aromatic rings. The Bertz CT molecular complexity index is 1070. The fourth-order valence-corrected chi connectivity index (χ4v) is 4.33. The number of nitrogens with zero attached hydrogens (tertiary/aromatic N) is 1. The number of esters is 1. The third-order valence-electron chi connectivity index (χ3n) is 5.04. The molecule has 0 aliphatic carbocycles. The average Bonchev–Trinajstić information content (AvgIpc) is 3.06. The SMILES string of the molecule is Cc1cccc(C)c1NC(=O)C(C)OC(=O)c1ccccc1SCc1c(C)noc1C. The number of ether oxygens (including phenoxy) is 1. The fourth-order valence-electron chi connectivity index (χ4n) is 3.13. The second-order valence-electron chi connectivity index (χ2n) is 7.39. The molecule has 1 aromatic heterocycles. The van der Waals surface area contributed by atoms with Gasteiger partial charge in [-0.3, -0.25) is 4.79 Å². The van der Waals surface area contributed by atoms with Gasteiger partial charge in [0, 0.05) is 21.9 Å². The van der Waals surface area contributed by atoms with Crippen LogP contribution in [0.25, 0.3) is 0 Å². The molecule has 1 amide bonds. The van der Waals surface area contributed by atoms with Gasteiger partial charge in [-0.05, 0) is 57.9 Å². The maximum absolute atomic E-state index is 12.8. The Balaban J connectivity index is 1.68. The third kappa shape index (κ3) is 5.35. The van der Waals surface area contributed by atoms with Crippen LogP contribution in [0.1, 0.15) is 45.4 Å². The smallest absolute Gasteiger partial charge is 0.340 e. The number of para-hydroxylation sites is 1. The van der Waals surface area contributed by atoms with Gasteiger partial charge >= 0.3 is 5.97 Å². The van der Waals surface area contributed by atoms with Crippen molar-refractivity contribution < 1.29 is 18.8 Å². The van der Waals surface area contributed by atoms with Crippen molar-refractivity contribution in [1.29, 1.82) is 0 Å².